The molecule has 0 radical (unpaired) electrons. The third-order valence-electron chi connectivity index (χ3n) is 3.95. The predicted octanol–water partition coefficient (Wildman–Crippen LogP) is 3.51. The fraction of sp³-hybridized carbons (Fsp3) is 0.556. The maximum absolute atomic E-state index is 11.8. The Morgan fingerprint density at radius 3 is 2.46 bits per heavy atom. The van der Waals surface area contributed by atoms with Crippen LogP contribution in [0.3, 0.4) is 0 Å². The highest BCUT2D eigenvalue weighted by molar-refractivity contribution is 5.92. The largest absolute Gasteiger partial charge is 0.376 e. The highest BCUT2D eigenvalue weighted by Crippen LogP contribution is 2.14. The van der Waals surface area contributed by atoms with E-state index < -0.39 is 0 Å². The van der Waals surface area contributed by atoms with Gasteiger partial charge in [0.25, 0.3) is 0 Å². The molecule has 132 valence electrons. The van der Waals surface area contributed by atoms with Crippen LogP contribution in [0.1, 0.15) is 45.4 Å². The van der Waals surface area contributed by atoms with Gasteiger partial charge in [0, 0.05) is 30.9 Å². The van der Waals surface area contributed by atoms with Crippen LogP contribution in [0, 0.1) is 0 Å². The molecule has 1 saturated heterocycles. The third kappa shape index (κ3) is 6.58. The highest BCUT2D eigenvalue weighted by Gasteiger charge is 2.16. The summed E-state index contributed by atoms with van der Waals surface area (Å²) >= 11 is 0. The van der Waals surface area contributed by atoms with Crippen molar-refractivity contribution in [3.8, 4) is 0 Å². The van der Waals surface area contributed by atoms with E-state index in [9.17, 15) is 9.59 Å². The summed E-state index contributed by atoms with van der Waals surface area (Å²) in [5.74, 6) is 0.0264. The van der Waals surface area contributed by atoms with Crippen molar-refractivity contribution >= 4 is 23.3 Å². The molecule has 0 bridgehead atoms. The van der Waals surface area contributed by atoms with Gasteiger partial charge in [-0.25, -0.2) is 4.79 Å². The zero-order valence-corrected chi connectivity index (χ0v) is 14.3. The molecule has 6 nitrogen and oxygen atoms in total. The van der Waals surface area contributed by atoms with Crippen molar-refractivity contribution in [3.05, 3.63) is 24.3 Å². The van der Waals surface area contributed by atoms with Gasteiger partial charge in [0.05, 0.1) is 6.10 Å². The number of hydrogen-bond donors (Lipinski definition) is 3. The first-order valence-electron chi connectivity index (χ1n) is 8.73. The number of carbonyl (C=O) groups is 2. The maximum atomic E-state index is 11.8. The number of urea groups is 1. The Kier molecular flexibility index (Phi) is 7.55. The minimum atomic E-state index is -0.248. The molecule has 1 aliphatic rings. The molecule has 1 aromatic carbocycles. The molecule has 1 atom stereocenters. The van der Waals surface area contributed by atoms with Crippen molar-refractivity contribution in [3.63, 3.8) is 0 Å². The van der Waals surface area contributed by atoms with E-state index in [1.165, 1.54) is 0 Å². The molecule has 0 saturated carbocycles. The highest BCUT2D eigenvalue weighted by atomic mass is 16.5. The molecule has 24 heavy (non-hydrogen) atoms. The van der Waals surface area contributed by atoms with Crippen LogP contribution in [0.5, 0.6) is 0 Å². The molecule has 0 aromatic heterocycles. The molecule has 0 aliphatic carbocycles. The molecular weight excluding hydrogens is 306 g/mol. The lowest BCUT2D eigenvalue weighted by molar-refractivity contribution is -0.116. The van der Waals surface area contributed by atoms with Gasteiger partial charge in [-0.3, -0.25) is 4.79 Å². The van der Waals surface area contributed by atoms with Gasteiger partial charge in [0.15, 0.2) is 0 Å². The maximum Gasteiger partial charge on any atom is 0.319 e. The number of rotatable bonds is 8. The molecule has 3 N–H and O–H groups in total. The van der Waals surface area contributed by atoms with E-state index in [1.807, 2.05) is 0 Å². The lowest BCUT2D eigenvalue weighted by atomic mass is 10.2. The second kappa shape index (κ2) is 9.93. The van der Waals surface area contributed by atoms with E-state index in [4.69, 9.17) is 4.74 Å². The molecular formula is C18H27N3O3. The van der Waals surface area contributed by atoms with Gasteiger partial charge in [-0.2, -0.15) is 0 Å². The van der Waals surface area contributed by atoms with Gasteiger partial charge in [0.2, 0.25) is 5.91 Å². The average molecular weight is 333 g/mol. The number of carbonyl (C=O) groups excluding carboxylic acids is 2. The van der Waals surface area contributed by atoms with Crippen molar-refractivity contribution < 1.29 is 14.3 Å². The smallest absolute Gasteiger partial charge is 0.319 e. The summed E-state index contributed by atoms with van der Waals surface area (Å²) < 4.78 is 5.46. The summed E-state index contributed by atoms with van der Waals surface area (Å²) in [4.78, 5) is 23.6. The second-order valence-electron chi connectivity index (χ2n) is 6.05. The number of unbranched alkanes of at least 4 members (excludes halogenated alkanes) is 2. The molecule has 1 fully saturated rings. The summed E-state index contributed by atoms with van der Waals surface area (Å²) in [7, 11) is 0. The number of amides is 3. The van der Waals surface area contributed by atoms with E-state index in [-0.39, 0.29) is 18.0 Å². The lowest BCUT2D eigenvalue weighted by Gasteiger charge is -2.12. The predicted molar refractivity (Wildman–Crippen MR) is 95.2 cm³/mol. The second-order valence-corrected chi connectivity index (χ2v) is 6.05. The Hall–Kier alpha value is -2.08. The number of hydrogen-bond acceptors (Lipinski definition) is 3. The van der Waals surface area contributed by atoms with Gasteiger partial charge < -0.3 is 20.7 Å². The Morgan fingerprint density at radius 1 is 1.12 bits per heavy atom. The minimum Gasteiger partial charge on any atom is -0.376 e. The molecule has 1 heterocycles. The van der Waals surface area contributed by atoms with E-state index in [0.717, 1.165) is 44.4 Å². The topological polar surface area (TPSA) is 79.5 Å². The van der Waals surface area contributed by atoms with Gasteiger partial charge in [-0.05, 0) is 43.5 Å². The SMILES string of the molecule is CCCCCC(=O)Nc1ccc(NC(=O)NCC2CCCO2)cc1. The van der Waals surface area contributed by atoms with Crippen LogP contribution in [-0.4, -0.2) is 31.2 Å². The molecule has 3 amide bonds. The number of nitrogens with one attached hydrogen (secondary N) is 3. The zero-order valence-electron chi connectivity index (χ0n) is 14.3. The summed E-state index contributed by atoms with van der Waals surface area (Å²) in [6.07, 6.45) is 5.79. The van der Waals surface area contributed by atoms with E-state index >= 15 is 0 Å². The third-order valence-corrected chi connectivity index (χ3v) is 3.95. The van der Waals surface area contributed by atoms with Crippen LogP contribution < -0.4 is 16.0 Å². The first kappa shape index (κ1) is 18.3. The number of anilines is 2. The van der Waals surface area contributed by atoms with E-state index in [0.29, 0.717) is 18.7 Å². The lowest BCUT2D eigenvalue weighted by Crippen LogP contribution is -2.35. The molecule has 0 spiro atoms. The number of ether oxygens (including phenoxy) is 1. The van der Waals surface area contributed by atoms with Crippen LogP contribution in [-0.2, 0) is 9.53 Å². The zero-order chi connectivity index (χ0) is 17.2. The van der Waals surface area contributed by atoms with Crippen molar-refractivity contribution in [2.24, 2.45) is 0 Å². The minimum absolute atomic E-state index is 0.0264. The van der Waals surface area contributed by atoms with Gasteiger partial charge in [-0.15, -0.1) is 0 Å². The molecule has 1 aliphatic heterocycles. The molecule has 1 aromatic rings. The van der Waals surface area contributed by atoms with Crippen LogP contribution in [0.4, 0.5) is 16.2 Å². The Labute approximate surface area is 143 Å². The van der Waals surface area contributed by atoms with E-state index in [2.05, 4.69) is 22.9 Å². The molecule has 2 rings (SSSR count). The summed E-state index contributed by atoms with van der Waals surface area (Å²) in [6, 6.07) is 6.86. The van der Waals surface area contributed by atoms with Crippen molar-refractivity contribution in [2.75, 3.05) is 23.8 Å². The van der Waals surface area contributed by atoms with Gasteiger partial charge in [0.1, 0.15) is 0 Å². The first-order chi connectivity index (χ1) is 11.7. The van der Waals surface area contributed by atoms with Gasteiger partial charge >= 0.3 is 6.03 Å². The summed E-state index contributed by atoms with van der Waals surface area (Å²) in [5.41, 5.74) is 1.42. The van der Waals surface area contributed by atoms with Crippen LogP contribution in [0.15, 0.2) is 24.3 Å². The quantitative estimate of drug-likeness (QED) is 0.637. The fourth-order valence-corrected chi connectivity index (χ4v) is 2.58. The monoisotopic (exact) mass is 333 g/mol. The summed E-state index contributed by atoms with van der Waals surface area (Å²) in [6.45, 7) is 3.41. The Bertz CT molecular complexity index is 525. The van der Waals surface area contributed by atoms with Crippen molar-refractivity contribution in [2.45, 2.75) is 51.6 Å². The Balaban J connectivity index is 1.70. The van der Waals surface area contributed by atoms with Crippen molar-refractivity contribution in [1.82, 2.24) is 5.32 Å². The fourth-order valence-electron chi connectivity index (χ4n) is 2.58. The number of benzene rings is 1. The summed E-state index contributed by atoms with van der Waals surface area (Å²) in [5, 5.41) is 8.43. The van der Waals surface area contributed by atoms with E-state index in [1.54, 1.807) is 24.3 Å². The molecule has 6 heteroatoms. The Morgan fingerprint density at radius 2 is 1.83 bits per heavy atom. The van der Waals surface area contributed by atoms with Crippen LogP contribution in [0.2, 0.25) is 0 Å². The van der Waals surface area contributed by atoms with Crippen molar-refractivity contribution in [1.29, 1.82) is 0 Å². The van der Waals surface area contributed by atoms with Crippen LogP contribution >= 0.6 is 0 Å². The van der Waals surface area contributed by atoms with Gasteiger partial charge in [-0.1, -0.05) is 19.8 Å². The average Bonchev–Trinajstić information content (AvgIpc) is 3.08. The first-order valence-corrected chi connectivity index (χ1v) is 8.73. The van der Waals surface area contributed by atoms with Crippen LogP contribution in [0.25, 0.3) is 0 Å². The standard InChI is InChI=1S/C18H27N3O3/c1-2-3-4-7-17(22)20-14-8-10-15(11-9-14)21-18(23)19-13-16-6-5-12-24-16/h8-11,16H,2-7,12-13H2,1H3,(H,20,22)(H2,19,21,23). The molecule has 1 unspecified atom stereocenters. The normalized spacial score (nSPS) is 16.6.